The Balaban J connectivity index is 3.02. The highest BCUT2D eigenvalue weighted by Crippen LogP contribution is 2.16. The van der Waals surface area contributed by atoms with E-state index >= 15 is 0 Å². The Bertz CT molecular complexity index is 685. The lowest BCUT2D eigenvalue weighted by Crippen LogP contribution is -2.51. The van der Waals surface area contributed by atoms with Crippen LogP contribution >= 0.6 is 0 Å². The summed E-state index contributed by atoms with van der Waals surface area (Å²) in [5.41, 5.74) is -0.261. The van der Waals surface area contributed by atoms with Gasteiger partial charge in [-0.2, -0.15) is 4.90 Å². The molecule has 0 saturated heterocycles. The van der Waals surface area contributed by atoms with Crippen molar-refractivity contribution < 1.29 is 33.2 Å². The third-order valence-electron chi connectivity index (χ3n) is 3.27. The van der Waals surface area contributed by atoms with Crippen LogP contribution < -0.4 is 0 Å². The first-order chi connectivity index (χ1) is 12.5. The molecule has 27 heavy (non-hydrogen) atoms. The Morgan fingerprint density at radius 1 is 1.15 bits per heavy atom. The topological polar surface area (TPSA) is 110 Å². The van der Waals surface area contributed by atoms with E-state index in [2.05, 4.69) is 0 Å². The van der Waals surface area contributed by atoms with Crippen molar-refractivity contribution in [2.75, 3.05) is 12.0 Å². The van der Waals surface area contributed by atoms with E-state index in [4.69, 9.17) is 9.47 Å². The molecule has 0 heterocycles. The van der Waals surface area contributed by atoms with Crippen LogP contribution in [0.2, 0.25) is 0 Å². The van der Waals surface area contributed by atoms with Crippen LogP contribution in [0.1, 0.15) is 32.8 Å². The van der Waals surface area contributed by atoms with E-state index in [1.807, 2.05) is 0 Å². The number of carboxylic acids is 1. The van der Waals surface area contributed by atoms with Crippen LogP contribution in [0.5, 0.6) is 0 Å². The Labute approximate surface area is 160 Å². The lowest BCUT2D eigenvalue weighted by molar-refractivity contribution is -0.142. The van der Waals surface area contributed by atoms with E-state index in [-0.39, 0.29) is 18.8 Å². The molecule has 0 aromatic heterocycles. The molecule has 0 spiro atoms. The minimum Gasteiger partial charge on any atom is -0.480 e. The Morgan fingerprint density at radius 2 is 1.74 bits per heavy atom. The predicted octanol–water partition coefficient (Wildman–Crippen LogP) is 2.78. The number of carbonyl (C=O) groups excluding carboxylic acids is 2. The molecule has 0 radical (unpaired) electrons. The van der Waals surface area contributed by atoms with E-state index in [1.54, 1.807) is 51.1 Å². The lowest BCUT2D eigenvalue weighted by atomic mass is 10.2. The molecule has 1 N–H and O–H groups in total. The highest BCUT2D eigenvalue weighted by atomic mass is 32.2. The van der Waals surface area contributed by atoms with Gasteiger partial charge >= 0.3 is 18.2 Å². The molecule has 0 saturated carbocycles. The molecule has 9 heteroatoms. The number of amides is 2. The number of carbonyl (C=O) groups is 3. The zero-order valence-electron chi connectivity index (χ0n) is 15.8. The maximum atomic E-state index is 12.5. The summed E-state index contributed by atoms with van der Waals surface area (Å²) in [6, 6.07) is 7.20. The average molecular weight is 399 g/mol. The molecule has 1 aromatic carbocycles. The van der Waals surface area contributed by atoms with Gasteiger partial charge in [0.2, 0.25) is 0 Å². The van der Waals surface area contributed by atoms with Gasteiger partial charge in [-0.25, -0.2) is 14.4 Å². The maximum absolute atomic E-state index is 12.5. The van der Waals surface area contributed by atoms with Crippen LogP contribution in [0.4, 0.5) is 9.59 Å². The maximum Gasteiger partial charge on any atom is 0.420 e. The molecule has 1 unspecified atom stereocenters. The number of carboxylic acid groups (broad SMARTS) is 1. The van der Waals surface area contributed by atoms with Crippen molar-refractivity contribution in [2.45, 2.75) is 45.4 Å². The van der Waals surface area contributed by atoms with Crippen molar-refractivity contribution in [3.05, 3.63) is 35.9 Å². The van der Waals surface area contributed by atoms with Crippen LogP contribution in [-0.4, -0.2) is 56.0 Å². The van der Waals surface area contributed by atoms with Gasteiger partial charge in [0.1, 0.15) is 18.2 Å². The molecule has 150 valence electrons. The zero-order valence-corrected chi connectivity index (χ0v) is 16.7. The highest BCUT2D eigenvalue weighted by Gasteiger charge is 2.38. The SMILES string of the molecule is CS(=O)CC[C@@H](C(=O)O)N(C(=O)OCc1ccccc1)C(=O)OC(C)(C)C. The summed E-state index contributed by atoms with van der Waals surface area (Å²) in [5.74, 6) is -1.41. The Morgan fingerprint density at radius 3 is 2.22 bits per heavy atom. The lowest BCUT2D eigenvalue weighted by Gasteiger charge is -2.29. The molecule has 2 amide bonds. The van der Waals surface area contributed by atoms with Crippen molar-refractivity contribution in [1.82, 2.24) is 4.90 Å². The number of imide groups is 1. The molecule has 0 aliphatic heterocycles. The first-order valence-electron chi connectivity index (χ1n) is 8.27. The van der Waals surface area contributed by atoms with E-state index in [0.717, 1.165) is 0 Å². The second-order valence-electron chi connectivity index (χ2n) is 6.81. The summed E-state index contributed by atoms with van der Waals surface area (Å²) in [6.45, 7) is 4.64. The van der Waals surface area contributed by atoms with E-state index in [0.29, 0.717) is 10.5 Å². The number of aliphatic carboxylic acids is 1. The van der Waals surface area contributed by atoms with Crippen LogP contribution in [0.25, 0.3) is 0 Å². The molecule has 0 aliphatic rings. The van der Waals surface area contributed by atoms with E-state index < -0.39 is 40.6 Å². The first kappa shape index (κ1) is 22.6. The van der Waals surface area contributed by atoms with Crippen LogP contribution in [-0.2, 0) is 31.7 Å². The van der Waals surface area contributed by atoms with Gasteiger partial charge in [0.15, 0.2) is 0 Å². The summed E-state index contributed by atoms with van der Waals surface area (Å²) in [5, 5.41) is 9.48. The Kier molecular flexibility index (Phi) is 8.42. The molecular formula is C18H25NO7S. The van der Waals surface area contributed by atoms with Crippen molar-refractivity contribution in [3.8, 4) is 0 Å². The fourth-order valence-corrected chi connectivity index (χ4v) is 2.62. The minimum absolute atomic E-state index is 0.00221. The number of hydrogen-bond acceptors (Lipinski definition) is 6. The molecule has 0 aliphatic carbocycles. The molecule has 2 atom stereocenters. The first-order valence-corrected chi connectivity index (χ1v) is 9.99. The Hall–Kier alpha value is -2.42. The minimum atomic E-state index is -1.55. The third-order valence-corrected chi connectivity index (χ3v) is 4.08. The van der Waals surface area contributed by atoms with Gasteiger partial charge in [-0.3, -0.25) is 4.21 Å². The summed E-state index contributed by atoms with van der Waals surface area (Å²) in [6.07, 6.45) is -1.04. The highest BCUT2D eigenvalue weighted by molar-refractivity contribution is 7.84. The van der Waals surface area contributed by atoms with Crippen LogP contribution in [0.15, 0.2) is 30.3 Å². The number of rotatable bonds is 7. The third kappa shape index (κ3) is 8.21. The normalized spacial score (nSPS) is 13.3. The standard InChI is InChI=1S/C18H25NO7S/c1-18(2,3)26-17(23)19(14(15(20)21)10-11-27(4)24)16(22)25-12-13-8-6-5-7-9-13/h5-9,14H,10-12H2,1-4H3,(H,20,21)/t14-,27?/m0/s1. The second-order valence-corrected chi connectivity index (χ2v) is 8.37. The molecule has 0 fully saturated rings. The van der Waals surface area contributed by atoms with Crippen molar-refractivity contribution in [1.29, 1.82) is 0 Å². The number of benzene rings is 1. The quantitative estimate of drug-likeness (QED) is 0.750. The van der Waals surface area contributed by atoms with Crippen molar-refractivity contribution in [3.63, 3.8) is 0 Å². The molecule has 8 nitrogen and oxygen atoms in total. The monoisotopic (exact) mass is 399 g/mol. The van der Waals surface area contributed by atoms with Crippen molar-refractivity contribution >= 4 is 29.0 Å². The van der Waals surface area contributed by atoms with Gasteiger partial charge in [-0.05, 0) is 32.8 Å². The van der Waals surface area contributed by atoms with Gasteiger partial charge in [0.05, 0.1) is 0 Å². The van der Waals surface area contributed by atoms with Gasteiger partial charge in [-0.1, -0.05) is 30.3 Å². The fraction of sp³-hybridized carbons (Fsp3) is 0.500. The second kappa shape index (κ2) is 10.1. The van der Waals surface area contributed by atoms with Gasteiger partial charge < -0.3 is 14.6 Å². The summed E-state index contributed by atoms with van der Waals surface area (Å²) in [7, 11) is -1.29. The summed E-state index contributed by atoms with van der Waals surface area (Å²) in [4.78, 5) is 37.0. The predicted molar refractivity (Wildman–Crippen MR) is 99.7 cm³/mol. The van der Waals surface area contributed by atoms with Gasteiger partial charge in [0, 0.05) is 22.8 Å². The smallest absolute Gasteiger partial charge is 0.420 e. The summed E-state index contributed by atoms with van der Waals surface area (Å²) >= 11 is 0. The van der Waals surface area contributed by atoms with E-state index in [9.17, 15) is 23.7 Å². The summed E-state index contributed by atoms with van der Waals surface area (Å²) < 4.78 is 21.6. The largest absolute Gasteiger partial charge is 0.480 e. The van der Waals surface area contributed by atoms with Crippen LogP contribution in [0, 0.1) is 0 Å². The molecule has 1 aromatic rings. The van der Waals surface area contributed by atoms with Gasteiger partial charge in [-0.15, -0.1) is 0 Å². The zero-order chi connectivity index (χ0) is 20.6. The van der Waals surface area contributed by atoms with Gasteiger partial charge in [0.25, 0.3) is 0 Å². The molecule has 0 bridgehead atoms. The van der Waals surface area contributed by atoms with E-state index in [1.165, 1.54) is 6.26 Å². The van der Waals surface area contributed by atoms with Crippen molar-refractivity contribution in [2.24, 2.45) is 0 Å². The van der Waals surface area contributed by atoms with Crippen LogP contribution in [0.3, 0.4) is 0 Å². The molecule has 1 rings (SSSR count). The fourth-order valence-electron chi connectivity index (χ4n) is 2.07. The number of nitrogens with zero attached hydrogens (tertiary/aromatic N) is 1. The molecular weight excluding hydrogens is 374 g/mol. The number of hydrogen-bond donors (Lipinski definition) is 1. The average Bonchev–Trinajstić information content (AvgIpc) is 2.55. The number of ether oxygens (including phenoxy) is 2.